The van der Waals surface area contributed by atoms with Gasteiger partial charge in [0.05, 0.1) is 11.6 Å². The Hall–Kier alpha value is -4.14. The molecule has 0 aliphatic heterocycles. The summed E-state index contributed by atoms with van der Waals surface area (Å²) in [6.45, 7) is 1.62. The van der Waals surface area contributed by atoms with Gasteiger partial charge in [0.15, 0.2) is 11.6 Å². The fourth-order valence-electron chi connectivity index (χ4n) is 3.31. The zero-order chi connectivity index (χ0) is 23.8. The number of nitriles is 1. The lowest BCUT2D eigenvalue weighted by Crippen LogP contribution is -2.29. The van der Waals surface area contributed by atoms with Crippen molar-refractivity contribution in [2.45, 2.75) is 38.1 Å². The maximum atomic E-state index is 12.9. The Morgan fingerprint density at radius 1 is 1.33 bits per heavy atom. The molecule has 3 N–H and O–H groups in total. The van der Waals surface area contributed by atoms with Crippen LogP contribution in [0.5, 0.6) is 5.75 Å². The molecule has 3 aromatic rings. The quantitative estimate of drug-likeness (QED) is 0.580. The van der Waals surface area contributed by atoms with Gasteiger partial charge in [0, 0.05) is 11.8 Å². The van der Waals surface area contributed by atoms with Crippen LogP contribution in [0.3, 0.4) is 0 Å². The lowest BCUT2D eigenvalue weighted by Gasteiger charge is -2.16. The molecule has 0 radical (unpaired) electrons. The van der Waals surface area contributed by atoms with Crippen LogP contribution in [-0.4, -0.2) is 32.0 Å². The summed E-state index contributed by atoms with van der Waals surface area (Å²) >= 11 is 0. The Morgan fingerprint density at radius 3 is 2.70 bits per heavy atom. The summed E-state index contributed by atoms with van der Waals surface area (Å²) in [5.74, 6) is -0.434. The summed E-state index contributed by atoms with van der Waals surface area (Å²) in [5, 5.41) is 15.7. The minimum absolute atomic E-state index is 0.0287. The third-order valence-corrected chi connectivity index (χ3v) is 4.95. The number of ether oxygens (including phenoxy) is 1. The molecule has 4 rings (SSSR count). The number of nitrogens with two attached hydrogens (primary N) is 1. The molecular weight excluding hydrogens is 439 g/mol. The van der Waals surface area contributed by atoms with Gasteiger partial charge in [0.25, 0.3) is 5.91 Å². The van der Waals surface area contributed by atoms with E-state index in [2.05, 4.69) is 25.1 Å². The average molecular weight is 457 g/mol. The van der Waals surface area contributed by atoms with Gasteiger partial charge >= 0.3 is 6.36 Å². The molecule has 170 valence electrons. The molecule has 0 unspecified atom stereocenters. The molecule has 1 aromatic carbocycles. The third kappa shape index (κ3) is 5.20. The smallest absolute Gasteiger partial charge is 0.406 e. The summed E-state index contributed by atoms with van der Waals surface area (Å²) in [6, 6.07) is 8.23. The Morgan fingerprint density at radius 2 is 2.09 bits per heavy atom. The Kier molecular flexibility index (Phi) is 5.63. The van der Waals surface area contributed by atoms with Crippen molar-refractivity contribution >= 4 is 11.9 Å². The van der Waals surface area contributed by atoms with Crippen molar-refractivity contribution in [1.29, 1.82) is 5.26 Å². The van der Waals surface area contributed by atoms with E-state index in [0.717, 1.165) is 18.9 Å². The number of rotatable bonds is 6. The summed E-state index contributed by atoms with van der Waals surface area (Å²) in [7, 11) is 0. The Balaban J connectivity index is 1.59. The zero-order valence-electron chi connectivity index (χ0n) is 17.3. The van der Waals surface area contributed by atoms with Gasteiger partial charge in [-0.3, -0.25) is 4.79 Å². The number of carbonyl (C=O) groups is 1. The standard InChI is InChI=1S/C21H18F3N7O2/c1-11(18-29-20(26)30-31(18)17-5-2-12(9-25)10-27-17)28-19(32)15-6-14(13-3-4-13)7-16(8-15)33-21(22,23)24/h2,5-8,10-11,13H,3-4H2,1H3,(H2,26,30)(H,28,32)/t11-/m0/s1. The number of nitrogens with zero attached hydrogens (tertiary/aromatic N) is 5. The predicted octanol–water partition coefficient (Wildman–Crippen LogP) is 3.38. The first-order valence-corrected chi connectivity index (χ1v) is 9.93. The first-order valence-electron chi connectivity index (χ1n) is 9.93. The summed E-state index contributed by atoms with van der Waals surface area (Å²) in [6.07, 6.45) is -1.84. The number of carbonyl (C=O) groups excluding carboxylic acids is 1. The first-order chi connectivity index (χ1) is 15.6. The van der Waals surface area contributed by atoms with Crippen LogP contribution in [0.15, 0.2) is 36.5 Å². The van der Waals surface area contributed by atoms with Crippen molar-refractivity contribution in [3.05, 3.63) is 59.0 Å². The van der Waals surface area contributed by atoms with Crippen LogP contribution in [0.2, 0.25) is 0 Å². The van der Waals surface area contributed by atoms with Crippen LogP contribution in [-0.2, 0) is 0 Å². The number of hydrogen-bond donors (Lipinski definition) is 2. The molecule has 2 heterocycles. The van der Waals surface area contributed by atoms with Crippen LogP contribution in [0, 0.1) is 11.3 Å². The van der Waals surface area contributed by atoms with Gasteiger partial charge in [0.2, 0.25) is 5.95 Å². The van der Waals surface area contributed by atoms with Crippen molar-refractivity contribution in [3.63, 3.8) is 0 Å². The topological polar surface area (TPSA) is 132 Å². The molecule has 1 aliphatic rings. The van der Waals surface area contributed by atoms with Crippen molar-refractivity contribution < 1.29 is 22.7 Å². The SMILES string of the molecule is C[C@H](NC(=O)c1cc(OC(F)(F)F)cc(C2CC2)c1)c1nc(N)nn1-c1ccc(C#N)cn1. The van der Waals surface area contributed by atoms with Crippen molar-refractivity contribution in [3.8, 4) is 17.6 Å². The van der Waals surface area contributed by atoms with E-state index in [1.165, 1.54) is 16.9 Å². The number of alkyl halides is 3. The van der Waals surface area contributed by atoms with Gasteiger partial charge in [0.1, 0.15) is 11.8 Å². The lowest BCUT2D eigenvalue weighted by atomic mass is 10.1. The molecular formula is C21H18F3N7O2. The number of anilines is 1. The van der Waals surface area contributed by atoms with Gasteiger partial charge < -0.3 is 15.8 Å². The van der Waals surface area contributed by atoms with E-state index in [9.17, 15) is 18.0 Å². The van der Waals surface area contributed by atoms with E-state index in [-0.39, 0.29) is 23.3 Å². The number of amides is 1. The Labute approximate surface area is 186 Å². The van der Waals surface area contributed by atoms with Crippen molar-refractivity contribution in [2.24, 2.45) is 0 Å². The largest absolute Gasteiger partial charge is 0.573 e. The minimum Gasteiger partial charge on any atom is -0.406 e. The normalized spacial score (nSPS) is 14.4. The molecule has 9 nitrogen and oxygen atoms in total. The van der Waals surface area contributed by atoms with E-state index < -0.39 is 24.1 Å². The summed E-state index contributed by atoms with van der Waals surface area (Å²) < 4.78 is 43.6. The number of pyridine rings is 1. The van der Waals surface area contributed by atoms with Gasteiger partial charge in [-0.2, -0.15) is 14.9 Å². The maximum Gasteiger partial charge on any atom is 0.573 e. The van der Waals surface area contributed by atoms with E-state index in [0.29, 0.717) is 16.9 Å². The van der Waals surface area contributed by atoms with Gasteiger partial charge in [-0.05, 0) is 61.6 Å². The van der Waals surface area contributed by atoms with Crippen LogP contribution >= 0.6 is 0 Å². The second-order valence-electron chi connectivity index (χ2n) is 7.56. The van der Waals surface area contributed by atoms with Crippen LogP contribution in [0.4, 0.5) is 19.1 Å². The number of nitrogens with one attached hydrogen (secondary N) is 1. The van der Waals surface area contributed by atoms with E-state index in [1.807, 2.05) is 6.07 Å². The van der Waals surface area contributed by atoms with Crippen LogP contribution in [0.25, 0.3) is 5.82 Å². The highest BCUT2D eigenvalue weighted by Crippen LogP contribution is 2.42. The second-order valence-corrected chi connectivity index (χ2v) is 7.56. The molecule has 1 fully saturated rings. The number of aromatic nitrogens is 4. The Bertz CT molecular complexity index is 1230. The lowest BCUT2D eigenvalue weighted by molar-refractivity contribution is -0.274. The van der Waals surface area contributed by atoms with Gasteiger partial charge in [-0.25, -0.2) is 4.98 Å². The van der Waals surface area contributed by atoms with Crippen LogP contribution < -0.4 is 15.8 Å². The van der Waals surface area contributed by atoms with Crippen LogP contribution in [0.1, 0.15) is 59.0 Å². The first kappa shape index (κ1) is 22.1. The highest BCUT2D eigenvalue weighted by atomic mass is 19.4. The highest BCUT2D eigenvalue weighted by molar-refractivity contribution is 5.95. The minimum atomic E-state index is -4.87. The monoisotopic (exact) mass is 457 g/mol. The number of nitrogen functional groups attached to an aromatic ring is 1. The van der Waals surface area contributed by atoms with Crippen molar-refractivity contribution in [2.75, 3.05) is 5.73 Å². The number of halogens is 3. The van der Waals surface area contributed by atoms with E-state index >= 15 is 0 Å². The summed E-state index contributed by atoms with van der Waals surface area (Å²) in [4.78, 5) is 21.2. The molecule has 1 atom stereocenters. The molecule has 2 aromatic heterocycles. The molecule has 12 heteroatoms. The second kappa shape index (κ2) is 8.42. The number of hydrogen-bond acceptors (Lipinski definition) is 7. The van der Waals surface area contributed by atoms with Gasteiger partial charge in [-0.15, -0.1) is 18.3 Å². The fraction of sp³-hybridized carbons (Fsp3) is 0.286. The molecule has 0 spiro atoms. The number of benzene rings is 1. The van der Waals surface area contributed by atoms with Crippen molar-refractivity contribution in [1.82, 2.24) is 25.1 Å². The molecule has 33 heavy (non-hydrogen) atoms. The zero-order valence-corrected chi connectivity index (χ0v) is 17.3. The molecule has 1 aliphatic carbocycles. The van der Waals surface area contributed by atoms with E-state index in [4.69, 9.17) is 11.0 Å². The third-order valence-electron chi connectivity index (χ3n) is 4.95. The summed E-state index contributed by atoms with van der Waals surface area (Å²) in [5.41, 5.74) is 6.72. The molecule has 1 amide bonds. The van der Waals surface area contributed by atoms with Gasteiger partial charge in [-0.1, -0.05) is 0 Å². The highest BCUT2D eigenvalue weighted by Gasteiger charge is 2.33. The molecule has 1 saturated carbocycles. The molecule has 0 bridgehead atoms. The van der Waals surface area contributed by atoms with E-state index in [1.54, 1.807) is 25.1 Å². The molecule has 0 saturated heterocycles. The predicted molar refractivity (Wildman–Crippen MR) is 109 cm³/mol. The fourth-order valence-corrected chi connectivity index (χ4v) is 3.31. The average Bonchev–Trinajstić information content (AvgIpc) is 3.54. The maximum absolute atomic E-state index is 12.9.